The predicted octanol–water partition coefficient (Wildman–Crippen LogP) is 2.87. The first kappa shape index (κ1) is 20.1. The summed E-state index contributed by atoms with van der Waals surface area (Å²) in [6.07, 6.45) is -4.02. The number of carbonyl (C=O) groups is 1. The molecule has 0 spiro atoms. The molecule has 0 N–H and O–H groups in total. The van der Waals surface area contributed by atoms with Crippen LogP contribution in [0.15, 0.2) is 16.7 Å². The van der Waals surface area contributed by atoms with Crippen LogP contribution in [-0.2, 0) is 14.6 Å². The standard InChI is InChI=1S/C14H15BrF4N2O3S/c1-21(13(22)8-2-4-25(23,24)5-3-8)12(14(17,18)19)11-10(16)6-9(15)7-20-11/h6-8,12H,2-5H2,1H3/t12-/m0/s1. The molecule has 2 rings (SSSR count). The summed E-state index contributed by atoms with van der Waals surface area (Å²) in [4.78, 5) is 16.3. The topological polar surface area (TPSA) is 67.3 Å². The average molecular weight is 447 g/mol. The van der Waals surface area contributed by atoms with Gasteiger partial charge in [0.05, 0.1) is 11.5 Å². The van der Waals surface area contributed by atoms with Crippen LogP contribution in [0.2, 0.25) is 0 Å². The van der Waals surface area contributed by atoms with Crippen molar-refractivity contribution in [3.05, 3.63) is 28.2 Å². The molecule has 0 unspecified atom stereocenters. The molecule has 1 saturated heterocycles. The molecule has 0 aromatic carbocycles. The number of pyridine rings is 1. The van der Waals surface area contributed by atoms with Gasteiger partial charge < -0.3 is 4.90 Å². The molecular weight excluding hydrogens is 432 g/mol. The van der Waals surface area contributed by atoms with E-state index in [1.54, 1.807) is 0 Å². The van der Waals surface area contributed by atoms with Crippen molar-refractivity contribution < 1.29 is 30.8 Å². The third-order valence-electron chi connectivity index (χ3n) is 4.04. The largest absolute Gasteiger partial charge is 0.414 e. The Hall–Kier alpha value is -1.23. The molecule has 0 saturated carbocycles. The van der Waals surface area contributed by atoms with E-state index in [-0.39, 0.29) is 28.8 Å². The van der Waals surface area contributed by atoms with Gasteiger partial charge in [0, 0.05) is 23.6 Å². The van der Waals surface area contributed by atoms with Crippen molar-refractivity contribution in [1.29, 1.82) is 0 Å². The van der Waals surface area contributed by atoms with E-state index < -0.39 is 45.4 Å². The van der Waals surface area contributed by atoms with Gasteiger partial charge in [0.2, 0.25) is 5.91 Å². The molecule has 0 bridgehead atoms. The maximum atomic E-state index is 14.0. The second-order valence-electron chi connectivity index (χ2n) is 5.84. The summed E-state index contributed by atoms with van der Waals surface area (Å²) in [6, 6.07) is -1.71. The second-order valence-corrected chi connectivity index (χ2v) is 9.06. The Labute approximate surface area is 150 Å². The maximum absolute atomic E-state index is 14.0. The number of amides is 1. The molecule has 0 radical (unpaired) electrons. The molecule has 140 valence electrons. The summed E-state index contributed by atoms with van der Waals surface area (Å²) in [5.41, 5.74) is -0.907. The molecule has 1 fully saturated rings. The lowest BCUT2D eigenvalue weighted by atomic mass is 9.99. The number of hydrogen-bond donors (Lipinski definition) is 0. The van der Waals surface area contributed by atoms with Crippen LogP contribution >= 0.6 is 15.9 Å². The Bertz CT molecular complexity index is 756. The first-order chi connectivity index (χ1) is 11.4. The molecule has 1 aliphatic heterocycles. The fraction of sp³-hybridized carbons (Fsp3) is 0.571. The van der Waals surface area contributed by atoms with Crippen LogP contribution in [0.3, 0.4) is 0 Å². The van der Waals surface area contributed by atoms with Crippen molar-refractivity contribution in [2.24, 2.45) is 5.92 Å². The maximum Gasteiger partial charge on any atom is 0.414 e. The first-order valence-electron chi connectivity index (χ1n) is 7.27. The van der Waals surface area contributed by atoms with E-state index in [0.29, 0.717) is 4.90 Å². The summed E-state index contributed by atoms with van der Waals surface area (Å²) in [6.45, 7) is 0. The Morgan fingerprint density at radius 1 is 1.36 bits per heavy atom. The normalized spacial score (nSPS) is 19.4. The highest BCUT2D eigenvalue weighted by atomic mass is 79.9. The number of halogens is 5. The van der Waals surface area contributed by atoms with Gasteiger partial charge in [-0.2, -0.15) is 13.2 Å². The third kappa shape index (κ3) is 4.69. The summed E-state index contributed by atoms with van der Waals surface area (Å²) < 4.78 is 77.4. The van der Waals surface area contributed by atoms with Gasteiger partial charge in [-0.25, -0.2) is 12.8 Å². The number of hydrogen-bond acceptors (Lipinski definition) is 4. The summed E-state index contributed by atoms with van der Waals surface area (Å²) in [7, 11) is -2.33. The van der Waals surface area contributed by atoms with E-state index in [1.807, 2.05) is 0 Å². The van der Waals surface area contributed by atoms with Crippen LogP contribution < -0.4 is 0 Å². The van der Waals surface area contributed by atoms with Crippen molar-refractivity contribution >= 4 is 31.7 Å². The lowest BCUT2D eigenvalue weighted by Crippen LogP contribution is -2.45. The number of rotatable bonds is 3. The molecule has 5 nitrogen and oxygen atoms in total. The molecule has 2 heterocycles. The van der Waals surface area contributed by atoms with Crippen LogP contribution in [-0.4, -0.2) is 48.9 Å². The highest BCUT2D eigenvalue weighted by Gasteiger charge is 2.48. The quantitative estimate of drug-likeness (QED) is 0.669. The van der Waals surface area contributed by atoms with Gasteiger partial charge in [0.25, 0.3) is 0 Å². The lowest BCUT2D eigenvalue weighted by molar-refractivity contribution is -0.192. The number of nitrogens with zero attached hydrogens (tertiary/aromatic N) is 2. The van der Waals surface area contributed by atoms with E-state index in [4.69, 9.17) is 0 Å². The molecule has 1 aliphatic rings. The van der Waals surface area contributed by atoms with Gasteiger partial charge in [-0.1, -0.05) is 0 Å². The minimum Gasteiger partial charge on any atom is -0.328 e. The van der Waals surface area contributed by atoms with Crippen LogP contribution in [0.5, 0.6) is 0 Å². The monoisotopic (exact) mass is 446 g/mol. The fourth-order valence-electron chi connectivity index (χ4n) is 2.74. The van der Waals surface area contributed by atoms with Crippen LogP contribution in [0.4, 0.5) is 17.6 Å². The van der Waals surface area contributed by atoms with E-state index in [0.717, 1.165) is 19.3 Å². The van der Waals surface area contributed by atoms with Gasteiger partial charge in [-0.05, 0) is 34.8 Å². The van der Waals surface area contributed by atoms with Crippen molar-refractivity contribution in [2.75, 3.05) is 18.6 Å². The Balaban J connectivity index is 2.30. The van der Waals surface area contributed by atoms with Gasteiger partial charge in [0.15, 0.2) is 6.04 Å². The van der Waals surface area contributed by atoms with E-state index >= 15 is 0 Å². The molecule has 11 heteroatoms. The highest BCUT2D eigenvalue weighted by molar-refractivity contribution is 9.10. The number of aromatic nitrogens is 1. The van der Waals surface area contributed by atoms with E-state index in [1.165, 1.54) is 0 Å². The van der Waals surface area contributed by atoms with Crippen LogP contribution in [0, 0.1) is 11.7 Å². The van der Waals surface area contributed by atoms with Gasteiger partial charge in [0.1, 0.15) is 21.3 Å². The molecule has 1 aromatic heterocycles. The Morgan fingerprint density at radius 2 is 1.92 bits per heavy atom. The average Bonchev–Trinajstić information content (AvgIpc) is 2.47. The Kier molecular flexibility index (Phi) is 5.77. The summed E-state index contributed by atoms with van der Waals surface area (Å²) >= 11 is 2.91. The molecule has 1 amide bonds. The summed E-state index contributed by atoms with van der Waals surface area (Å²) in [5, 5.41) is 0. The minimum absolute atomic E-state index is 0.0493. The molecular formula is C14H15BrF4N2O3S. The molecule has 25 heavy (non-hydrogen) atoms. The molecule has 1 atom stereocenters. The van der Waals surface area contributed by atoms with Gasteiger partial charge in [-0.15, -0.1) is 0 Å². The fourth-order valence-corrected chi connectivity index (χ4v) is 4.53. The zero-order chi connectivity index (χ0) is 19.0. The van der Waals surface area contributed by atoms with Crippen molar-refractivity contribution in [1.82, 2.24) is 9.88 Å². The van der Waals surface area contributed by atoms with Crippen molar-refractivity contribution in [3.8, 4) is 0 Å². The Morgan fingerprint density at radius 3 is 2.40 bits per heavy atom. The lowest BCUT2D eigenvalue weighted by Gasteiger charge is -2.33. The second kappa shape index (κ2) is 7.18. The van der Waals surface area contributed by atoms with Crippen LogP contribution in [0.1, 0.15) is 24.6 Å². The van der Waals surface area contributed by atoms with Gasteiger partial charge >= 0.3 is 6.18 Å². The number of alkyl halides is 3. The highest BCUT2D eigenvalue weighted by Crippen LogP contribution is 2.39. The molecule has 0 aliphatic carbocycles. The van der Waals surface area contributed by atoms with Crippen molar-refractivity contribution in [2.45, 2.75) is 25.1 Å². The van der Waals surface area contributed by atoms with Crippen LogP contribution in [0.25, 0.3) is 0 Å². The van der Waals surface area contributed by atoms with E-state index in [2.05, 4.69) is 20.9 Å². The first-order valence-corrected chi connectivity index (χ1v) is 9.88. The van der Waals surface area contributed by atoms with Gasteiger partial charge in [-0.3, -0.25) is 9.78 Å². The third-order valence-corrected chi connectivity index (χ3v) is 6.19. The molecule has 1 aromatic rings. The summed E-state index contributed by atoms with van der Waals surface area (Å²) in [5.74, 6) is -3.42. The number of sulfone groups is 1. The van der Waals surface area contributed by atoms with E-state index in [9.17, 15) is 30.8 Å². The predicted molar refractivity (Wildman–Crippen MR) is 84.8 cm³/mol. The smallest absolute Gasteiger partial charge is 0.328 e. The zero-order valence-electron chi connectivity index (χ0n) is 13.1. The number of carbonyl (C=O) groups excluding carboxylic acids is 1. The zero-order valence-corrected chi connectivity index (χ0v) is 15.5. The minimum atomic E-state index is -4.94. The SMILES string of the molecule is CN(C(=O)C1CCS(=O)(=O)CC1)[C@@H](c1ncc(Br)cc1F)C(F)(F)F. The van der Waals surface area contributed by atoms with Crippen molar-refractivity contribution in [3.63, 3.8) is 0 Å².